The highest BCUT2D eigenvalue weighted by atomic mass is 16.7. The molecule has 1 aliphatic heterocycles. The summed E-state index contributed by atoms with van der Waals surface area (Å²) in [6.07, 6.45) is -1.71. The highest BCUT2D eigenvalue weighted by molar-refractivity contribution is 5.87. The summed E-state index contributed by atoms with van der Waals surface area (Å²) in [4.78, 5) is 11.3. The normalized spacial score (nSPS) is 21.2. The van der Waals surface area contributed by atoms with Gasteiger partial charge in [-0.3, -0.25) is 0 Å². The van der Waals surface area contributed by atoms with Crippen LogP contribution in [0.4, 0.5) is 0 Å². The Morgan fingerprint density at radius 2 is 2.11 bits per heavy atom. The second-order valence-electron chi connectivity index (χ2n) is 4.17. The lowest BCUT2D eigenvalue weighted by Crippen LogP contribution is -2.20. The molecule has 6 heteroatoms. The first-order chi connectivity index (χ1) is 9.15. The van der Waals surface area contributed by atoms with Gasteiger partial charge >= 0.3 is 5.63 Å². The molecule has 3 rings (SSSR count). The van der Waals surface area contributed by atoms with Gasteiger partial charge in [0.05, 0.1) is 7.11 Å². The quantitative estimate of drug-likeness (QED) is 0.821. The maximum Gasteiger partial charge on any atom is 0.336 e. The van der Waals surface area contributed by atoms with Crippen molar-refractivity contribution in [3.8, 4) is 11.5 Å². The third-order valence-electron chi connectivity index (χ3n) is 3.10. The second kappa shape index (κ2) is 4.25. The number of methoxy groups -OCH3 is 2. The zero-order valence-corrected chi connectivity index (χ0v) is 10.4. The highest BCUT2D eigenvalue weighted by Gasteiger charge is 2.37. The van der Waals surface area contributed by atoms with Gasteiger partial charge in [-0.1, -0.05) is 0 Å². The van der Waals surface area contributed by atoms with E-state index in [0.717, 1.165) is 0 Å². The maximum absolute atomic E-state index is 11.3. The number of ether oxygens (including phenoxy) is 3. The first-order valence-corrected chi connectivity index (χ1v) is 5.68. The van der Waals surface area contributed by atoms with Gasteiger partial charge in [0, 0.05) is 24.1 Å². The van der Waals surface area contributed by atoms with E-state index in [1.165, 1.54) is 20.3 Å². The molecule has 0 radical (unpaired) electrons. The van der Waals surface area contributed by atoms with E-state index in [4.69, 9.17) is 18.6 Å². The van der Waals surface area contributed by atoms with Crippen LogP contribution in [-0.4, -0.2) is 25.6 Å². The molecule has 2 unspecified atom stereocenters. The Kier molecular flexibility index (Phi) is 2.69. The summed E-state index contributed by atoms with van der Waals surface area (Å²) in [6, 6.07) is 4.61. The molecule has 1 aromatic carbocycles. The third-order valence-corrected chi connectivity index (χ3v) is 3.10. The summed E-state index contributed by atoms with van der Waals surface area (Å²) in [6.45, 7) is 0. The van der Waals surface area contributed by atoms with Gasteiger partial charge in [-0.15, -0.1) is 0 Å². The second-order valence-corrected chi connectivity index (χ2v) is 4.17. The molecule has 100 valence electrons. The van der Waals surface area contributed by atoms with Crippen molar-refractivity contribution in [3.63, 3.8) is 0 Å². The fourth-order valence-electron chi connectivity index (χ4n) is 2.22. The van der Waals surface area contributed by atoms with E-state index in [0.29, 0.717) is 16.7 Å². The SMILES string of the molecule is COc1c2c(cc3ccc(=O)oc13)C(O)C(OC)O2. The van der Waals surface area contributed by atoms with E-state index in [1.54, 1.807) is 12.1 Å². The minimum absolute atomic E-state index is 0.281. The summed E-state index contributed by atoms with van der Waals surface area (Å²) >= 11 is 0. The Labute approximate surface area is 108 Å². The van der Waals surface area contributed by atoms with Crippen molar-refractivity contribution in [2.24, 2.45) is 0 Å². The van der Waals surface area contributed by atoms with Gasteiger partial charge in [-0.25, -0.2) is 4.79 Å². The molecule has 19 heavy (non-hydrogen) atoms. The Hall–Kier alpha value is -2.05. The van der Waals surface area contributed by atoms with Gasteiger partial charge in [0.2, 0.25) is 12.0 Å². The topological polar surface area (TPSA) is 78.1 Å². The van der Waals surface area contributed by atoms with Crippen molar-refractivity contribution in [3.05, 3.63) is 34.2 Å². The summed E-state index contributed by atoms with van der Waals surface area (Å²) in [5.74, 6) is 0.618. The monoisotopic (exact) mass is 264 g/mol. The van der Waals surface area contributed by atoms with Gasteiger partial charge in [0.1, 0.15) is 6.10 Å². The van der Waals surface area contributed by atoms with Gasteiger partial charge in [-0.05, 0) is 12.1 Å². The summed E-state index contributed by atoms with van der Waals surface area (Å²) in [5, 5.41) is 10.7. The molecule has 2 heterocycles. The van der Waals surface area contributed by atoms with Crippen molar-refractivity contribution in [1.29, 1.82) is 0 Å². The molecule has 0 saturated heterocycles. The van der Waals surface area contributed by atoms with Crippen LogP contribution < -0.4 is 15.1 Å². The van der Waals surface area contributed by atoms with Gasteiger partial charge < -0.3 is 23.7 Å². The molecular weight excluding hydrogens is 252 g/mol. The molecule has 0 saturated carbocycles. The molecule has 6 nitrogen and oxygen atoms in total. The zero-order chi connectivity index (χ0) is 13.6. The van der Waals surface area contributed by atoms with Crippen LogP contribution in [0.5, 0.6) is 11.5 Å². The predicted octanol–water partition coefficient (Wildman–Crippen LogP) is 1.20. The summed E-state index contributed by atoms with van der Waals surface area (Å²) < 4.78 is 20.9. The van der Waals surface area contributed by atoms with Crippen LogP contribution in [0, 0.1) is 0 Å². The smallest absolute Gasteiger partial charge is 0.336 e. The average Bonchev–Trinajstić information content (AvgIpc) is 2.73. The summed E-state index contributed by atoms with van der Waals surface area (Å²) in [5.41, 5.74) is 0.357. The molecule has 0 amide bonds. The first kappa shape index (κ1) is 12.0. The van der Waals surface area contributed by atoms with Crippen molar-refractivity contribution < 1.29 is 23.7 Å². The lowest BCUT2D eigenvalue weighted by molar-refractivity contribution is -0.109. The zero-order valence-electron chi connectivity index (χ0n) is 10.4. The van der Waals surface area contributed by atoms with Crippen LogP contribution in [0.25, 0.3) is 11.0 Å². The Morgan fingerprint density at radius 1 is 1.32 bits per heavy atom. The van der Waals surface area contributed by atoms with Gasteiger partial charge in [-0.2, -0.15) is 0 Å². The molecule has 2 atom stereocenters. The fourth-order valence-corrected chi connectivity index (χ4v) is 2.22. The van der Waals surface area contributed by atoms with E-state index in [2.05, 4.69) is 0 Å². The molecular formula is C13H12O6. The van der Waals surface area contributed by atoms with Crippen LogP contribution >= 0.6 is 0 Å². The molecule has 0 fully saturated rings. The molecule has 1 aliphatic rings. The predicted molar refractivity (Wildman–Crippen MR) is 65.4 cm³/mol. The number of hydrogen-bond donors (Lipinski definition) is 1. The molecule has 1 aromatic heterocycles. The van der Waals surface area contributed by atoms with Crippen LogP contribution in [0.3, 0.4) is 0 Å². The minimum Gasteiger partial charge on any atom is -0.490 e. The molecule has 0 aliphatic carbocycles. The van der Waals surface area contributed by atoms with Crippen molar-refractivity contribution in [1.82, 2.24) is 0 Å². The van der Waals surface area contributed by atoms with Crippen molar-refractivity contribution in [2.45, 2.75) is 12.4 Å². The first-order valence-electron chi connectivity index (χ1n) is 5.68. The fraction of sp³-hybridized carbons (Fsp3) is 0.308. The Balaban J connectivity index is 2.32. The minimum atomic E-state index is -0.912. The Bertz CT molecular complexity index is 689. The Morgan fingerprint density at radius 3 is 2.79 bits per heavy atom. The van der Waals surface area contributed by atoms with Gasteiger partial charge in [0.15, 0.2) is 11.3 Å². The molecule has 0 spiro atoms. The third kappa shape index (κ3) is 1.68. The largest absolute Gasteiger partial charge is 0.490 e. The van der Waals surface area contributed by atoms with E-state index in [-0.39, 0.29) is 11.3 Å². The van der Waals surface area contributed by atoms with E-state index >= 15 is 0 Å². The van der Waals surface area contributed by atoms with Crippen LogP contribution in [0.15, 0.2) is 27.4 Å². The average molecular weight is 264 g/mol. The van der Waals surface area contributed by atoms with Gasteiger partial charge in [0.25, 0.3) is 0 Å². The number of fused-ring (bicyclic) bond motifs is 2. The molecule has 0 bridgehead atoms. The number of benzene rings is 1. The lowest BCUT2D eigenvalue weighted by Gasteiger charge is -2.11. The van der Waals surface area contributed by atoms with Crippen molar-refractivity contribution in [2.75, 3.05) is 14.2 Å². The van der Waals surface area contributed by atoms with Crippen LogP contribution in [0.2, 0.25) is 0 Å². The number of aliphatic hydroxyl groups excluding tert-OH is 1. The van der Waals surface area contributed by atoms with E-state index < -0.39 is 18.0 Å². The maximum atomic E-state index is 11.3. The van der Waals surface area contributed by atoms with E-state index in [9.17, 15) is 9.90 Å². The van der Waals surface area contributed by atoms with E-state index in [1.807, 2.05) is 0 Å². The number of hydrogen-bond acceptors (Lipinski definition) is 6. The number of aliphatic hydroxyl groups is 1. The standard InChI is InChI=1S/C13H12O6/c1-16-12-10-6(3-4-8(14)18-10)5-7-9(15)13(17-2)19-11(7)12/h3-5,9,13,15H,1-2H3. The number of rotatable bonds is 2. The highest BCUT2D eigenvalue weighted by Crippen LogP contribution is 2.47. The van der Waals surface area contributed by atoms with Crippen molar-refractivity contribution >= 4 is 11.0 Å². The molecule has 1 N–H and O–H groups in total. The molecule has 2 aromatic rings. The van der Waals surface area contributed by atoms with Crippen LogP contribution in [0.1, 0.15) is 11.7 Å². The summed E-state index contributed by atoms with van der Waals surface area (Å²) in [7, 11) is 2.88. The van der Waals surface area contributed by atoms with Crippen LogP contribution in [-0.2, 0) is 4.74 Å². The lowest BCUT2D eigenvalue weighted by atomic mass is 10.1.